The van der Waals surface area contributed by atoms with Gasteiger partial charge in [-0.15, -0.1) is 5.10 Å². The van der Waals surface area contributed by atoms with E-state index in [1.54, 1.807) is 0 Å². The van der Waals surface area contributed by atoms with Gasteiger partial charge in [-0.1, -0.05) is 42.5 Å². The minimum atomic E-state index is -0.0509. The fourth-order valence-electron chi connectivity index (χ4n) is 2.02. The van der Waals surface area contributed by atoms with Crippen LogP contribution in [0.2, 0.25) is 0 Å². The molecule has 4 nitrogen and oxygen atoms in total. The second-order valence-corrected chi connectivity index (χ2v) is 4.03. The van der Waals surface area contributed by atoms with Gasteiger partial charge in [0.1, 0.15) is 5.69 Å². The van der Waals surface area contributed by atoms with E-state index in [0.29, 0.717) is 5.69 Å². The molecular formula is C13H17N3O. The standard InChI is InChI=1S/C13H17N3O/c1-3-13-12(9-17)14-15-16(13)10(2)11-7-5-4-6-8-11/h4-8,10,17H,3,9H2,1-2H3. The third-order valence-electron chi connectivity index (χ3n) is 3.00. The highest BCUT2D eigenvalue weighted by molar-refractivity contribution is 5.21. The predicted octanol–water partition coefficient (Wildman–Crippen LogP) is 1.94. The summed E-state index contributed by atoms with van der Waals surface area (Å²) in [7, 11) is 0. The average Bonchev–Trinajstić information content (AvgIpc) is 2.81. The summed E-state index contributed by atoms with van der Waals surface area (Å²) in [4.78, 5) is 0. The molecular weight excluding hydrogens is 214 g/mol. The topological polar surface area (TPSA) is 50.9 Å². The second-order valence-electron chi connectivity index (χ2n) is 4.03. The van der Waals surface area contributed by atoms with Crippen molar-refractivity contribution in [2.75, 3.05) is 0 Å². The van der Waals surface area contributed by atoms with E-state index in [2.05, 4.69) is 29.4 Å². The maximum Gasteiger partial charge on any atom is 0.111 e. The van der Waals surface area contributed by atoms with Crippen molar-refractivity contribution in [1.82, 2.24) is 15.0 Å². The van der Waals surface area contributed by atoms with Crippen molar-refractivity contribution in [3.8, 4) is 0 Å². The van der Waals surface area contributed by atoms with Crippen LogP contribution in [0, 0.1) is 0 Å². The maximum absolute atomic E-state index is 9.20. The Hall–Kier alpha value is -1.68. The third kappa shape index (κ3) is 2.22. The van der Waals surface area contributed by atoms with Crippen LogP contribution in [0.25, 0.3) is 0 Å². The zero-order chi connectivity index (χ0) is 12.3. The molecule has 0 bridgehead atoms. The van der Waals surface area contributed by atoms with E-state index in [9.17, 15) is 5.11 Å². The molecule has 1 N–H and O–H groups in total. The lowest BCUT2D eigenvalue weighted by molar-refractivity contribution is 0.275. The molecule has 4 heteroatoms. The SMILES string of the molecule is CCc1c(CO)nnn1C(C)c1ccccc1. The summed E-state index contributed by atoms with van der Waals surface area (Å²) in [5.41, 5.74) is 2.87. The van der Waals surface area contributed by atoms with Crippen LogP contribution in [0.5, 0.6) is 0 Å². The van der Waals surface area contributed by atoms with Gasteiger partial charge >= 0.3 is 0 Å². The Morgan fingerprint density at radius 3 is 2.59 bits per heavy atom. The molecule has 1 atom stereocenters. The van der Waals surface area contributed by atoms with Crippen molar-refractivity contribution >= 4 is 0 Å². The van der Waals surface area contributed by atoms with Crippen molar-refractivity contribution in [1.29, 1.82) is 0 Å². The Morgan fingerprint density at radius 1 is 1.29 bits per heavy atom. The fraction of sp³-hybridized carbons (Fsp3) is 0.385. The predicted molar refractivity (Wildman–Crippen MR) is 65.6 cm³/mol. The van der Waals surface area contributed by atoms with E-state index >= 15 is 0 Å². The van der Waals surface area contributed by atoms with Gasteiger partial charge in [-0.05, 0) is 18.9 Å². The summed E-state index contributed by atoms with van der Waals surface area (Å²) in [5.74, 6) is 0. The first-order valence-corrected chi connectivity index (χ1v) is 5.86. The molecule has 90 valence electrons. The van der Waals surface area contributed by atoms with Gasteiger partial charge in [-0.25, -0.2) is 4.68 Å². The van der Waals surface area contributed by atoms with Gasteiger partial charge in [0.05, 0.1) is 18.3 Å². The first kappa shape index (κ1) is 11.8. The van der Waals surface area contributed by atoms with Gasteiger partial charge in [0.15, 0.2) is 0 Å². The average molecular weight is 231 g/mol. The summed E-state index contributed by atoms with van der Waals surface area (Å²) in [6.45, 7) is 4.08. The number of aliphatic hydroxyl groups is 1. The van der Waals surface area contributed by atoms with Crippen LogP contribution in [-0.2, 0) is 13.0 Å². The lowest BCUT2D eigenvalue weighted by Gasteiger charge is -2.14. The van der Waals surface area contributed by atoms with Crippen LogP contribution >= 0.6 is 0 Å². The normalized spacial score (nSPS) is 12.6. The minimum absolute atomic E-state index is 0.0509. The molecule has 0 aliphatic carbocycles. The maximum atomic E-state index is 9.20. The van der Waals surface area contributed by atoms with Gasteiger partial charge < -0.3 is 5.11 Å². The smallest absolute Gasteiger partial charge is 0.111 e. The van der Waals surface area contributed by atoms with Crippen LogP contribution in [0.15, 0.2) is 30.3 Å². The molecule has 1 unspecified atom stereocenters. The first-order valence-electron chi connectivity index (χ1n) is 5.86. The molecule has 0 saturated heterocycles. The van der Waals surface area contributed by atoms with E-state index in [1.807, 2.05) is 29.8 Å². The van der Waals surface area contributed by atoms with Crippen LogP contribution in [0.1, 0.15) is 36.8 Å². The molecule has 2 rings (SSSR count). The molecule has 0 radical (unpaired) electrons. The quantitative estimate of drug-likeness (QED) is 0.875. The number of aromatic nitrogens is 3. The highest BCUT2D eigenvalue weighted by atomic mass is 16.3. The van der Waals surface area contributed by atoms with Gasteiger partial charge in [0, 0.05) is 0 Å². The molecule has 0 aliphatic rings. The molecule has 0 saturated carbocycles. The molecule has 1 aromatic heterocycles. The van der Waals surface area contributed by atoms with Crippen molar-refractivity contribution < 1.29 is 5.11 Å². The summed E-state index contributed by atoms with van der Waals surface area (Å²) in [6.07, 6.45) is 0.820. The Labute approximate surface area is 101 Å². The van der Waals surface area contributed by atoms with E-state index in [0.717, 1.165) is 12.1 Å². The lowest BCUT2D eigenvalue weighted by Crippen LogP contribution is -2.12. The van der Waals surface area contributed by atoms with Crippen molar-refractivity contribution in [2.45, 2.75) is 32.9 Å². The highest BCUT2D eigenvalue weighted by Gasteiger charge is 2.16. The van der Waals surface area contributed by atoms with E-state index < -0.39 is 0 Å². The number of aliphatic hydroxyl groups excluding tert-OH is 1. The van der Waals surface area contributed by atoms with E-state index in [-0.39, 0.29) is 12.6 Å². The van der Waals surface area contributed by atoms with E-state index in [1.165, 1.54) is 5.56 Å². The number of hydrogen-bond donors (Lipinski definition) is 1. The van der Waals surface area contributed by atoms with Crippen molar-refractivity contribution in [2.24, 2.45) is 0 Å². The molecule has 0 spiro atoms. The Morgan fingerprint density at radius 2 is 2.00 bits per heavy atom. The molecule has 1 aromatic carbocycles. The third-order valence-corrected chi connectivity index (χ3v) is 3.00. The minimum Gasteiger partial charge on any atom is -0.390 e. The zero-order valence-electron chi connectivity index (χ0n) is 10.2. The monoisotopic (exact) mass is 231 g/mol. The van der Waals surface area contributed by atoms with Crippen LogP contribution in [-0.4, -0.2) is 20.1 Å². The van der Waals surface area contributed by atoms with Gasteiger partial charge in [-0.3, -0.25) is 0 Å². The van der Waals surface area contributed by atoms with E-state index in [4.69, 9.17) is 0 Å². The van der Waals surface area contributed by atoms with Crippen molar-refractivity contribution in [3.63, 3.8) is 0 Å². The van der Waals surface area contributed by atoms with Crippen LogP contribution in [0.3, 0.4) is 0 Å². The molecule has 0 amide bonds. The summed E-state index contributed by atoms with van der Waals surface area (Å²) in [6, 6.07) is 10.3. The Balaban J connectivity index is 2.37. The first-order chi connectivity index (χ1) is 8.27. The number of hydrogen-bond acceptors (Lipinski definition) is 3. The molecule has 0 fully saturated rings. The van der Waals surface area contributed by atoms with Crippen LogP contribution < -0.4 is 0 Å². The molecule has 1 heterocycles. The second kappa shape index (κ2) is 5.10. The largest absolute Gasteiger partial charge is 0.390 e. The number of benzene rings is 1. The summed E-state index contributed by atoms with van der Waals surface area (Å²) in [5, 5.41) is 17.4. The lowest BCUT2D eigenvalue weighted by atomic mass is 10.1. The van der Waals surface area contributed by atoms with Gasteiger partial charge in [0.2, 0.25) is 0 Å². The van der Waals surface area contributed by atoms with Crippen LogP contribution in [0.4, 0.5) is 0 Å². The molecule has 0 aliphatic heterocycles. The highest BCUT2D eigenvalue weighted by Crippen LogP contribution is 2.20. The Kier molecular flexibility index (Phi) is 3.54. The summed E-state index contributed by atoms with van der Waals surface area (Å²) >= 11 is 0. The fourth-order valence-corrected chi connectivity index (χ4v) is 2.02. The van der Waals surface area contributed by atoms with Gasteiger partial charge in [-0.2, -0.15) is 0 Å². The summed E-state index contributed by atoms with van der Waals surface area (Å²) < 4.78 is 1.89. The number of rotatable bonds is 4. The zero-order valence-corrected chi connectivity index (χ0v) is 10.2. The van der Waals surface area contributed by atoms with Crippen molar-refractivity contribution in [3.05, 3.63) is 47.3 Å². The number of nitrogens with zero attached hydrogens (tertiary/aromatic N) is 3. The molecule has 17 heavy (non-hydrogen) atoms. The molecule has 2 aromatic rings. The van der Waals surface area contributed by atoms with Gasteiger partial charge in [0.25, 0.3) is 0 Å². The Bertz CT molecular complexity index is 479.